The van der Waals surface area contributed by atoms with Crippen molar-refractivity contribution >= 4 is 11.6 Å². The van der Waals surface area contributed by atoms with Gasteiger partial charge in [0, 0.05) is 23.6 Å². The van der Waals surface area contributed by atoms with Crippen LogP contribution in [0.3, 0.4) is 0 Å². The number of anilines is 1. The highest BCUT2D eigenvalue weighted by Gasteiger charge is 2.06. The van der Waals surface area contributed by atoms with Gasteiger partial charge in [-0.25, -0.2) is 0 Å². The molecule has 1 aromatic heterocycles. The fraction of sp³-hybridized carbons (Fsp3) is 0.143. The van der Waals surface area contributed by atoms with E-state index in [1.807, 2.05) is 32.0 Å². The molecule has 1 N–H and O–H groups in total. The average molecular weight is 226 g/mol. The monoisotopic (exact) mass is 226 g/mol. The fourth-order valence-electron chi connectivity index (χ4n) is 1.57. The molecule has 0 spiro atoms. The van der Waals surface area contributed by atoms with Gasteiger partial charge < -0.3 is 5.32 Å². The molecule has 0 bridgehead atoms. The molecule has 2 aromatic rings. The van der Waals surface area contributed by atoms with Crippen LogP contribution in [-0.2, 0) is 0 Å². The SMILES string of the molecule is Cc1ccc(C)c(NC(=O)c2ccncc2)c1. The maximum Gasteiger partial charge on any atom is 0.255 e. The molecule has 0 aliphatic rings. The summed E-state index contributed by atoms with van der Waals surface area (Å²) in [6.07, 6.45) is 3.22. The van der Waals surface area contributed by atoms with Crippen molar-refractivity contribution in [3.8, 4) is 0 Å². The molecule has 3 heteroatoms. The molecular weight excluding hydrogens is 212 g/mol. The lowest BCUT2D eigenvalue weighted by Crippen LogP contribution is -2.12. The number of aryl methyl sites for hydroxylation is 2. The second-order valence-electron chi connectivity index (χ2n) is 4.01. The minimum Gasteiger partial charge on any atom is -0.322 e. The van der Waals surface area contributed by atoms with Gasteiger partial charge in [-0.1, -0.05) is 12.1 Å². The van der Waals surface area contributed by atoms with Gasteiger partial charge in [-0.2, -0.15) is 0 Å². The minimum atomic E-state index is -0.110. The number of hydrogen-bond acceptors (Lipinski definition) is 2. The Morgan fingerprint density at radius 3 is 2.53 bits per heavy atom. The van der Waals surface area contributed by atoms with Crippen molar-refractivity contribution in [2.75, 3.05) is 5.32 Å². The highest BCUT2D eigenvalue weighted by atomic mass is 16.1. The van der Waals surface area contributed by atoms with Crippen LogP contribution in [0.5, 0.6) is 0 Å². The zero-order valence-electron chi connectivity index (χ0n) is 9.90. The summed E-state index contributed by atoms with van der Waals surface area (Å²) < 4.78 is 0. The second-order valence-corrected chi connectivity index (χ2v) is 4.01. The normalized spacial score (nSPS) is 10.0. The third kappa shape index (κ3) is 2.69. The van der Waals surface area contributed by atoms with Gasteiger partial charge in [0.05, 0.1) is 0 Å². The van der Waals surface area contributed by atoms with Gasteiger partial charge in [0.1, 0.15) is 0 Å². The number of carbonyl (C=O) groups is 1. The molecule has 0 unspecified atom stereocenters. The van der Waals surface area contributed by atoms with Crippen LogP contribution in [0, 0.1) is 13.8 Å². The summed E-state index contributed by atoms with van der Waals surface area (Å²) in [5.41, 5.74) is 3.64. The predicted molar refractivity (Wildman–Crippen MR) is 68.1 cm³/mol. The number of aromatic nitrogens is 1. The van der Waals surface area contributed by atoms with Gasteiger partial charge in [0.2, 0.25) is 0 Å². The molecule has 0 aliphatic heterocycles. The molecule has 0 saturated carbocycles. The van der Waals surface area contributed by atoms with Crippen LogP contribution in [0.4, 0.5) is 5.69 Å². The van der Waals surface area contributed by atoms with E-state index in [0.717, 1.165) is 16.8 Å². The van der Waals surface area contributed by atoms with E-state index in [2.05, 4.69) is 10.3 Å². The molecule has 1 aromatic carbocycles. The molecule has 2 rings (SSSR count). The average Bonchev–Trinajstić information content (AvgIpc) is 2.35. The predicted octanol–water partition coefficient (Wildman–Crippen LogP) is 2.95. The number of carbonyl (C=O) groups excluding carboxylic acids is 1. The lowest BCUT2D eigenvalue weighted by molar-refractivity contribution is 0.102. The molecule has 1 amide bonds. The van der Waals surface area contributed by atoms with Crippen LogP contribution in [0.25, 0.3) is 0 Å². The summed E-state index contributed by atoms with van der Waals surface area (Å²) in [7, 11) is 0. The smallest absolute Gasteiger partial charge is 0.255 e. The van der Waals surface area contributed by atoms with Crippen molar-refractivity contribution in [2.24, 2.45) is 0 Å². The molecule has 86 valence electrons. The first kappa shape index (κ1) is 11.3. The van der Waals surface area contributed by atoms with Crippen LogP contribution in [0.1, 0.15) is 21.5 Å². The van der Waals surface area contributed by atoms with Crippen LogP contribution in [0.15, 0.2) is 42.7 Å². The molecule has 3 nitrogen and oxygen atoms in total. The Hall–Kier alpha value is -2.16. The van der Waals surface area contributed by atoms with Crippen molar-refractivity contribution in [3.63, 3.8) is 0 Å². The van der Waals surface area contributed by atoms with E-state index < -0.39 is 0 Å². The van der Waals surface area contributed by atoms with Crippen molar-refractivity contribution in [2.45, 2.75) is 13.8 Å². The highest BCUT2D eigenvalue weighted by molar-refractivity contribution is 6.04. The summed E-state index contributed by atoms with van der Waals surface area (Å²) in [5, 5.41) is 2.90. The van der Waals surface area contributed by atoms with Gasteiger partial charge in [-0.05, 0) is 43.2 Å². The zero-order chi connectivity index (χ0) is 12.3. The van der Waals surface area contributed by atoms with E-state index in [0.29, 0.717) is 5.56 Å². The first-order valence-electron chi connectivity index (χ1n) is 5.45. The molecule has 0 aliphatic carbocycles. The summed E-state index contributed by atoms with van der Waals surface area (Å²) >= 11 is 0. The van der Waals surface area contributed by atoms with Gasteiger partial charge in [0.25, 0.3) is 5.91 Å². The number of benzene rings is 1. The Kier molecular flexibility index (Phi) is 3.19. The van der Waals surface area contributed by atoms with Gasteiger partial charge in [-0.3, -0.25) is 9.78 Å². The first-order valence-corrected chi connectivity index (χ1v) is 5.45. The third-order valence-electron chi connectivity index (χ3n) is 2.58. The fourth-order valence-corrected chi connectivity index (χ4v) is 1.57. The minimum absolute atomic E-state index is 0.110. The van der Waals surface area contributed by atoms with Crippen LogP contribution >= 0.6 is 0 Å². The zero-order valence-corrected chi connectivity index (χ0v) is 9.90. The maximum absolute atomic E-state index is 11.9. The first-order chi connectivity index (χ1) is 8.16. The van der Waals surface area contributed by atoms with E-state index in [1.165, 1.54) is 0 Å². The molecule has 17 heavy (non-hydrogen) atoms. The Morgan fingerprint density at radius 1 is 1.12 bits per heavy atom. The standard InChI is InChI=1S/C14H14N2O/c1-10-3-4-11(2)13(9-10)16-14(17)12-5-7-15-8-6-12/h3-9H,1-2H3,(H,16,17). The largest absolute Gasteiger partial charge is 0.322 e. The second kappa shape index (κ2) is 4.78. The number of rotatable bonds is 2. The van der Waals surface area contributed by atoms with Crippen molar-refractivity contribution in [1.29, 1.82) is 0 Å². The Morgan fingerprint density at radius 2 is 1.82 bits per heavy atom. The van der Waals surface area contributed by atoms with Crippen LogP contribution in [-0.4, -0.2) is 10.9 Å². The molecular formula is C14H14N2O. The van der Waals surface area contributed by atoms with Crippen molar-refractivity contribution in [3.05, 3.63) is 59.4 Å². The summed E-state index contributed by atoms with van der Waals surface area (Å²) in [5.74, 6) is -0.110. The maximum atomic E-state index is 11.9. The van der Waals surface area contributed by atoms with E-state index >= 15 is 0 Å². The topological polar surface area (TPSA) is 42.0 Å². The number of nitrogens with zero attached hydrogens (tertiary/aromatic N) is 1. The summed E-state index contributed by atoms with van der Waals surface area (Å²) in [4.78, 5) is 15.8. The van der Waals surface area contributed by atoms with E-state index in [9.17, 15) is 4.79 Å². The Labute approximate surface area is 101 Å². The number of amides is 1. The number of nitrogens with one attached hydrogen (secondary N) is 1. The van der Waals surface area contributed by atoms with E-state index in [1.54, 1.807) is 24.5 Å². The molecule has 1 heterocycles. The lowest BCUT2D eigenvalue weighted by atomic mass is 10.1. The third-order valence-corrected chi connectivity index (χ3v) is 2.58. The number of hydrogen-bond donors (Lipinski definition) is 1. The van der Waals surface area contributed by atoms with E-state index in [-0.39, 0.29) is 5.91 Å². The Bertz CT molecular complexity index is 535. The lowest BCUT2D eigenvalue weighted by Gasteiger charge is -2.09. The van der Waals surface area contributed by atoms with Crippen LogP contribution < -0.4 is 5.32 Å². The molecule has 0 fully saturated rings. The van der Waals surface area contributed by atoms with Gasteiger partial charge in [0.15, 0.2) is 0 Å². The van der Waals surface area contributed by atoms with Crippen molar-refractivity contribution < 1.29 is 4.79 Å². The Balaban J connectivity index is 2.22. The molecule has 0 saturated heterocycles. The van der Waals surface area contributed by atoms with Gasteiger partial charge >= 0.3 is 0 Å². The highest BCUT2D eigenvalue weighted by Crippen LogP contribution is 2.17. The van der Waals surface area contributed by atoms with E-state index in [4.69, 9.17) is 0 Å². The molecule has 0 atom stereocenters. The quantitative estimate of drug-likeness (QED) is 0.855. The summed E-state index contributed by atoms with van der Waals surface area (Å²) in [6.45, 7) is 3.98. The van der Waals surface area contributed by atoms with Crippen molar-refractivity contribution in [1.82, 2.24) is 4.98 Å². The van der Waals surface area contributed by atoms with Crippen LogP contribution in [0.2, 0.25) is 0 Å². The van der Waals surface area contributed by atoms with Gasteiger partial charge in [-0.15, -0.1) is 0 Å². The summed E-state index contributed by atoms with van der Waals surface area (Å²) in [6, 6.07) is 9.38. The number of pyridine rings is 1. The molecule has 0 radical (unpaired) electrons.